The fourth-order valence-corrected chi connectivity index (χ4v) is 3.42. The molecule has 0 amide bonds. The lowest BCUT2D eigenvalue weighted by atomic mass is 9.90. The van der Waals surface area contributed by atoms with Crippen molar-refractivity contribution in [1.82, 2.24) is 4.90 Å². The summed E-state index contributed by atoms with van der Waals surface area (Å²) in [7, 11) is 0. The van der Waals surface area contributed by atoms with Gasteiger partial charge in [0.25, 0.3) is 0 Å². The monoisotopic (exact) mass is 303 g/mol. The zero-order chi connectivity index (χ0) is 15.2. The van der Waals surface area contributed by atoms with Gasteiger partial charge < -0.3 is 0 Å². The van der Waals surface area contributed by atoms with Crippen LogP contribution in [0.3, 0.4) is 0 Å². The maximum absolute atomic E-state index is 12.8. The zero-order valence-electron chi connectivity index (χ0n) is 13.3. The second-order valence-corrected chi connectivity index (χ2v) is 6.79. The van der Waals surface area contributed by atoms with Crippen molar-refractivity contribution >= 4 is 17.5 Å². The highest BCUT2D eigenvalue weighted by atomic mass is 32.2. The van der Waals surface area contributed by atoms with Crippen molar-refractivity contribution in [2.45, 2.75) is 31.6 Å². The Morgan fingerprint density at radius 2 is 2.14 bits per heavy atom. The summed E-state index contributed by atoms with van der Waals surface area (Å²) >= 11 is 1.66. The maximum atomic E-state index is 12.8. The van der Waals surface area contributed by atoms with Crippen molar-refractivity contribution in [3.05, 3.63) is 41.5 Å². The summed E-state index contributed by atoms with van der Waals surface area (Å²) in [5.41, 5.74) is 2.25. The number of carbonyl (C=O) groups excluding carboxylic acids is 1. The van der Waals surface area contributed by atoms with Gasteiger partial charge in [0.1, 0.15) is 0 Å². The van der Waals surface area contributed by atoms with E-state index in [-0.39, 0.29) is 5.92 Å². The quantitative estimate of drug-likeness (QED) is 0.460. The molecular formula is C18H25NOS. The van der Waals surface area contributed by atoms with Crippen LogP contribution in [0.5, 0.6) is 0 Å². The minimum absolute atomic E-state index is 0.151. The first kappa shape index (κ1) is 16.3. The Balaban J connectivity index is 2.07. The molecule has 1 aliphatic rings. The van der Waals surface area contributed by atoms with Crippen molar-refractivity contribution < 1.29 is 4.79 Å². The number of piperidine rings is 1. The Hall–Kier alpha value is -1.06. The highest BCUT2D eigenvalue weighted by Gasteiger charge is 2.27. The average molecular weight is 303 g/mol. The van der Waals surface area contributed by atoms with E-state index in [4.69, 9.17) is 0 Å². The van der Waals surface area contributed by atoms with Crippen molar-refractivity contribution in [3.8, 4) is 0 Å². The number of thioether (sulfide) groups is 1. The Kier molecular flexibility index (Phi) is 6.07. The Morgan fingerprint density at radius 3 is 2.86 bits per heavy atom. The Morgan fingerprint density at radius 1 is 1.38 bits per heavy atom. The third kappa shape index (κ3) is 4.45. The molecular weight excluding hydrogens is 278 g/mol. The lowest BCUT2D eigenvalue weighted by Crippen LogP contribution is -2.38. The van der Waals surface area contributed by atoms with Crippen molar-refractivity contribution in [2.24, 2.45) is 5.92 Å². The minimum Gasteiger partial charge on any atom is -0.299 e. The molecule has 1 heterocycles. The number of benzene rings is 1. The molecule has 2 rings (SSSR count). The Bertz CT molecular complexity index is 520. The number of likely N-dealkylation sites (tertiary alicyclic amines) is 1. The number of ketones is 1. The largest absolute Gasteiger partial charge is 0.299 e. The van der Waals surface area contributed by atoms with Crippen LogP contribution in [-0.2, 0) is 0 Å². The van der Waals surface area contributed by atoms with Crippen molar-refractivity contribution in [3.63, 3.8) is 0 Å². The van der Waals surface area contributed by atoms with E-state index < -0.39 is 0 Å². The molecule has 1 aromatic carbocycles. The summed E-state index contributed by atoms with van der Waals surface area (Å²) in [5, 5.41) is 0. The molecule has 1 aliphatic heterocycles. The van der Waals surface area contributed by atoms with E-state index in [9.17, 15) is 4.79 Å². The van der Waals surface area contributed by atoms with Crippen LogP contribution in [0.4, 0.5) is 0 Å². The second kappa shape index (κ2) is 7.81. The van der Waals surface area contributed by atoms with Crippen LogP contribution in [0, 0.1) is 5.92 Å². The van der Waals surface area contributed by atoms with Crippen LogP contribution in [0.1, 0.15) is 37.0 Å². The molecule has 21 heavy (non-hydrogen) atoms. The van der Waals surface area contributed by atoms with Crippen LogP contribution < -0.4 is 0 Å². The number of Topliss-reactive ketones (excluding diaryl/α,β-unsaturated/α-hetero) is 1. The third-order valence-electron chi connectivity index (χ3n) is 4.01. The van der Waals surface area contributed by atoms with Gasteiger partial charge in [0.05, 0.1) is 0 Å². The fourth-order valence-electron chi connectivity index (χ4n) is 2.82. The predicted molar refractivity (Wildman–Crippen MR) is 91.1 cm³/mol. The highest BCUT2D eigenvalue weighted by Crippen LogP contribution is 2.26. The first-order valence-electron chi connectivity index (χ1n) is 7.64. The van der Waals surface area contributed by atoms with Gasteiger partial charge in [0.2, 0.25) is 0 Å². The summed E-state index contributed by atoms with van der Waals surface area (Å²) < 4.78 is 0. The van der Waals surface area contributed by atoms with Crippen LogP contribution in [0.15, 0.2) is 40.8 Å². The van der Waals surface area contributed by atoms with E-state index in [0.29, 0.717) is 5.78 Å². The molecule has 0 radical (unpaired) electrons. The first-order valence-corrected chi connectivity index (χ1v) is 8.87. The molecule has 0 bridgehead atoms. The first-order chi connectivity index (χ1) is 10.1. The summed E-state index contributed by atoms with van der Waals surface area (Å²) in [6, 6.07) is 7.99. The molecule has 0 aromatic heterocycles. The maximum Gasteiger partial charge on any atom is 0.168 e. The number of hydrogen-bond acceptors (Lipinski definition) is 3. The fraction of sp³-hybridized carbons (Fsp3) is 0.500. The van der Waals surface area contributed by atoms with Gasteiger partial charge in [-0.05, 0) is 45.6 Å². The lowest BCUT2D eigenvalue weighted by molar-refractivity contribution is 0.0828. The molecule has 1 unspecified atom stereocenters. The van der Waals surface area contributed by atoms with E-state index in [1.54, 1.807) is 11.8 Å². The molecule has 3 heteroatoms. The van der Waals surface area contributed by atoms with Gasteiger partial charge in [-0.3, -0.25) is 9.69 Å². The van der Waals surface area contributed by atoms with Gasteiger partial charge in [-0.1, -0.05) is 29.8 Å². The van der Waals surface area contributed by atoms with Crippen molar-refractivity contribution in [2.75, 3.05) is 25.9 Å². The lowest BCUT2D eigenvalue weighted by Gasteiger charge is -2.31. The number of nitrogens with zero attached hydrogens (tertiary/aromatic N) is 1. The summed E-state index contributed by atoms with van der Waals surface area (Å²) in [6.07, 6.45) is 6.43. The molecule has 0 aliphatic carbocycles. The smallest absolute Gasteiger partial charge is 0.168 e. The zero-order valence-corrected chi connectivity index (χ0v) is 14.1. The van der Waals surface area contributed by atoms with Gasteiger partial charge in [0.15, 0.2) is 5.78 Å². The normalized spacial score (nSPS) is 19.3. The van der Waals surface area contributed by atoms with Gasteiger partial charge >= 0.3 is 0 Å². The third-order valence-corrected chi connectivity index (χ3v) is 4.80. The molecule has 1 fully saturated rings. The van der Waals surface area contributed by atoms with E-state index in [1.165, 1.54) is 5.57 Å². The van der Waals surface area contributed by atoms with Crippen molar-refractivity contribution in [1.29, 1.82) is 0 Å². The number of rotatable bonds is 5. The average Bonchev–Trinajstić information content (AvgIpc) is 2.52. The van der Waals surface area contributed by atoms with E-state index in [0.717, 1.165) is 42.9 Å². The predicted octanol–water partition coefficient (Wildman–Crippen LogP) is 4.27. The Labute approximate surface area is 132 Å². The molecule has 1 atom stereocenters. The van der Waals surface area contributed by atoms with Gasteiger partial charge in [0, 0.05) is 29.5 Å². The van der Waals surface area contributed by atoms with Gasteiger partial charge in [-0.2, -0.15) is 0 Å². The van der Waals surface area contributed by atoms with Crippen LogP contribution in [0.2, 0.25) is 0 Å². The summed E-state index contributed by atoms with van der Waals surface area (Å²) in [5.74, 6) is 0.472. The summed E-state index contributed by atoms with van der Waals surface area (Å²) in [6.45, 7) is 7.22. The summed E-state index contributed by atoms with van der Waals surface area (Å²) in [4.78, 5) is 16.3. The topological polar surface area (TPSA) is 20.3 Å². The van der Waals surface area contributed by atoms with Crippen LogP contribution in [0.25, 0.3) is 0 Å². The van der Waals surface area contributed by atoms with Crippen LogP contribution in [-0.4, -0.2) is 36.6 Å². The number of allylic oxidation sites excluding steroid dienone is 1. The number of hydrogen-bond donors (Lipinski definition) is 0. The molecule has 0 N–H and O–H groups in total. The molecule has 2 nitrogen and oxygen atoms in total. The van der Waals surface area contributed by atoms with Gasteiger partial charge in [-0.15, -0.1) is 11.8 Å². The van der Waals surface area contributed by atoms with Gasteiger partial charge in [-0.25, -0.2) is 0 Å². The standard InChI is InChI=1S/C18H25NOS/c1-14(2)10-12-19-11-6-7-15(13-19)18(20)16-8-4-5-9-17(16)21-3/h4-5,8-10,15H,6-7,11-13H2,1-3H3. The molecule has 114 valence electrons. The molecule has 1 aromatic rings. The number of carbonyl (C=O) groups is 1. The molecule has 0 spiro atoms. The van der Waals surface area contributed by atoms with E-state index in [1.807, 2.05) is 30.5 Å². The minimum atomic E-state index is 0.151. The van der Waals surface area contributed by atoms with E-state index >= 15 is 0 Å². The second-order valence-electron chi connectivity index (χ2n) is 5.94. The van der Waals surface area contributed by atoms with Crippen LogP contribution >= 0.6 is 11.8 Å². The van der Waals surface area contributed by atoms with E-state index in [2.05, 4.69) is 24.8 Å². The SMILES string of the molecule is CSc1ccccc1C(=O)C1CCCN(CC=C(C)C)C1. The molecule has 0 saturated carbocycles. The highest BCUT2D eigenvalue weighted by molar-refractivity contribution is 7.98. The molecule has 1 saturated heterocycles.